The quantitative estimate of drug-likeness (QED) is 0.628. The van der Waals surface area contributed by atoms with E-state index in [9.17, 15) is 14.9 Å². The number of nitro groups is 1. The Kier molecular flexibility index (Phi) is 4.26. The van der Waals surface area contributed by atoms with Gasteiger partial charge in [-0.3, -0.25) is 20.2 Å². The van der Waals surface area contributed by atoms with E-state index in [0.717, 1.165) is 0 Å². The molecule has 0 radical (unpaired) electrons. The fraction of sp³-hybridized carbons (Fsp3) is 0.364. The van der Waals surface area contributed by atoms with Crippen LogP contribution in [-0.4, -0.2) is 16.4 Å². The van der Waals surface area contributed by atoms with Crippen molar-refractivity contribution in [2.24, 2.45) is 5.73 Å². The minimum Gasteiger partial charge on any atom is -0.368 e. The Hall–Kier alpha value is -1.66. The number of rotatable bonds is 5. The molecule has 3 N–H and O–H groups in total. The number of amides is 1. The molecule has 18 heavy (non-hydrogen) atoms. The predicted molar refractivity (Wildman–Crippen MR) is 68.2 cm³/mol. The lowest BCUT2D eigenvalue weighted by Gasteiger charge is -2.22. The van der Waals surface area contributed by atoms with Gasteiger partial charge in [-0.2, -0.15) is 0 Å². The van der Waals surface area contributed by atoms with E-state index in [1.54, 1.807) is 13.8 Å². The monoisotopic (exact) mass is 271 g/mol. The van der Waals surface area contributed by atoms with Crippen molar-refractivity contribution < 1.29 is 9.72 Å². The van der Waals surface area contributed by atoms with E-state index in [0.29, 0.717) is 10.6 Å². The highest BCUT2D eigenvalue weighted by molar-refractivity contribution is 6.31. The Labute approximate surface area is 109 Å². The summed E-state index contributed by atoms with van der Waals surface area (Å²) in [6, 6.07) is 4.14. The zero-order valence-corrected chi connectivity index (χ0v) is 10.8. The van der Waals surface area contributed by atoms with Gasteiger partial charge in [0.1, 0.15) is 0 Å². The van der Waals surface area contributed by atoms with Crippen molar-refractivity contribution in [2.75, 3.05) is 0 Å². The number of hydrogen-bond acceptors (Lipinski definition) is 4. The molecule has 0 aromatic heterocycles. The highest BCUT2D eigenvalue weighted by Crippen LogP contribution is 2.22. The Morgan fingerprint density at radius 2 is 2.17 bits per heavy atom. The van der Waals surface area contributed by atoms with Crippen LogP contribution in [0.1, 0.15) is 19.4 Å². The lowest BCUT2D eigenvalue weighted by Crippen LogP contribution is -2.50. The van der Waals surface area contributed by atoms with Crippen molar-refractivity contribution in [3.05, 3.63) is 38.9 Å². The van der Waals surface area contributed by atoms with Crippen molar-refractivity contribution in [3.63, 3.8) is 0 Å². The van der Waals surface area contributed by atoms with Gasteiger partial charge in [0, 0.05) is 23.7 Å². The Bertz CT molecular complexity index is 488. The van der Waals surface area contributed by atoms with E-state index in [-0.39, 0.29) is 12.2 Å². The average Bonchev–Trinajstić information content (AvgIpc) is 2.27. The fourth-order valence-corrected chi connectivity index (χ4v) is 1.40. The van der Waals surface area contributed by atoms with E-state index in [4.69, 9.17) is 17.3 Å². The number of hydrogen-bond donors (Lipinski definition) is 2. The number of benzene rings is 1. The zero-order chi connectivity index (χ0) is 13.9. The van der Waals surface area contributed by atoms with Gasteiger partial charge in [-0.05, 0) is 25.5 Å². The van der Waals surface area contributed by atoms with E-state index in [1.165, 1.54) is 18.2 Å². The van der Waals surface area contributed by atoms with E-state index in [2.05, 4.69) is 5.32 Å². The van der Waals surface area contributed by atoms with Gasteiger partial charge in [0.05, 0.1) is 10.5 Å². The molecule has 0 aliphatic carbocycles. The summed E-state index contributed by atoms with van der Waals surface area (Å²) in [6.07, 6.45) is 0. The van der Waals surface area contributed by atoms with Gasteiger partial charge < -0.3 is 5.73 Å². The molecule has 0 heterocycles. The molecule has 0 atom stereocenters. The summed E-state index contributed by atoms with van der Waals surface area (Å²) in [5.41, 5.74) is 4.79. The smallest absolute Gasteiger partial charge is 0.269 e. The van der Waals surface area contributed by atoms with Crippen LogP contribution in [0.25, 0.3) is 0 Å². The summed E-state index contributed by atoms with van der Waals surface area (Å²) in [5.74, 6) is -0.510. The van der Waals surface area contributed by atoms with Crippen molar-refractivity contribution in [2.45, 2.75) is 25.9 Å². The van der Waals surface area contributed by atoms with E-state index in [1.807, 2.05) is 0 Å². The third-order valence-electron chi connectivity index (χ3n) is 2.58. The number of nitrogens with one attached hydrogen (secondary N) is 1. The maximum Gasteiger partial charge on any atom is 0.269 e. The molecule has 0 bridgehead atoms. The first-order valence-electron chi connectivity index (χ1n) is 5.22. The SMILES string of the molecule is CC(C)(NCc1cc([N+](=O)[O-])ccc1Cl)C(N)=O. The Morgan fingerprint density at radius 1 is 1.56 bits per heavy atom. The molecule has 0 spiro atoms. The van der Waals surface area contributed by atoms with Gasteiger partial charge in [0.15, 0.2) is 0 Å². The molecule has 0 unspecified atom stereocenters. The number of carbonyl (C=O) groups is 1. The number of carbonyl (C=O) groups excluding carboxylic acids is 1. The summed E-state index contributed by atoms with van der Waals surface area (Å²) in [4.78, 5) is 21.3. The van der Waals surface area contributed by atoms with Crippen molar-refractivity contribution in [1.82, 2.24) is 5.32 Å². The van der Waals surface area contributed by atoms with Crippen molar-refractivity contribution >= 4 is 23.2 Å². The topological polar surface area (TPSA) is 98.3 Å². The third-order valence-corrected chi connectivity index (χ3v) is 2.95. The molecule has 0 saturated heterocycles. The van der Waals surface area contributed by atoms with Crippen LogP contribution in [0.3, 0.4) is 0 Å². The summed E-state index contributed by atoms with van der Waals surface area (Å²) >= 11 is 5.93. The molecule has 1 amide bonds. The predicted octanol–water partition coefficient (Wildman–Crippen LogP) is 1.60. The van der Waals surface area contributed by atoms with Crippen LogP contribution in [0.5, 0.6) is 0 Å². The minimum absolute atomic E-state index is 0.0481. The molecule has 0 fully saturated rings. The normalized spacial score (nSPS) is 11.3. The van der Waals surface area contributed by atoms with Crippen LogP contribution in [0.15, 0.2) is 18.2 Å². The van der Waals surface area contributed by atoms with Crippen molar-refractivity contribution in [3.8, 4) is 0 Å². The lowest BCUT2D eigenvalue weighted by atomic mass is 10.0. The first kappa shape index (κ1) is 14.4. The third kappa shape index (κ3) is 3.41. The second-order valence-electron chi connectivity index (χ2n) is 4.38. The Morgan fingerprint density at radius 3 is 2.67 bits per heavy atom. The Balaban J connectivity index is 2.88. The van der Waals surface area contributed by atoms with Crippen molar-refractivity contribution in [1.29, 1.82) is 0 Å². The summed E-state index contributed by atoms with van der Waals surface area (Å²) in [7, 11) is 0. The average molecular weight is 272 g/mol. The van der Waals surface area contributed by atoms with Gasteiger partial charge >= 0.3 is 0 Å². The maximum absolute atomic E-state index is 11.1. The largest absolute Gasteiger partial charge is 0.368 e. The minimum atomic E-state index is -0.909. The van der Waals surface area contributed by atoms with Crippen LogP contribution >= 0.6 is 11.6 Å². The molecule has 1 aromatic carbocycles. The van der Waals surface area contributed by atoms with Crippen LogP contribution in [-0.2, 0) is 11.3 Å². The summed E-state index contributed by atoms with van der Waals surface area (Å²) < 4.78 is 0. The number of non-ortho nitro benzene ring substituents is 1. The molecule has 6 nitrogen and oxygen atoms in total. The molecule has 1 aromatic rings. The highest BCUT2D eigenvalue weighted by Gasteiger charge is 2.24. The fourth-order valence-electron chi connectivity index (χ4n) is 1.21. The summed E-state index contributed by atoms with van der Waals surface area (Å²) in [5, 5.41) is 13.9. The number of nitrogens with zero attached hydrogens (tertiary/aromatic N) is 1. The highest BCUT2D eigenvalue weighted by atomic mass is 35.5. The van der Waals surface area contributed by atoms with E-state index < -0.39 is 16.4 Å². The number of nitrogens with two attached hydrogens (primary N) is 1. The standard InChI is InChI=1S/C11H14ClN3O3/c1-11(2,10(13)16)14-6-7-5-8(15(17)18)3-4-9(7)12/h3-5,14H,6H2,1-2H3,(H2,13,16). The van der Waals surface area contributed by atoms with Crippen LogP contribution < -0.4 is 11.1 Å². The summed E-state index contributed by atoms with van der Waals surface area (Å²) in [6.45, 7) is 3.47. The van der Waals surface area contributed by atoms with Crippen LogP contribution in [0.2, 0.25) is 5.02 Å². The van der Waals surface area contributed by atoms with Crippen LogP contribution in [0, 0.1) is 10.1 Å². The molecular formula is C11H14ClN3O3. The number of halogens is 1. The second-order valence-corrected chi connectivity index (χ2v) is 4.78. The molecule has 7 heteroatoms. The molecular weight excluding hydrogens is 258 g/mol. The first-order chi connectivity index (χ1) is 8.24. The molecule has 0 saturated carbocycles. The maximum atomic E-state index is 11.1. The number of nitro benzene ring substituents is 1. The van der Waals surface area contributed by atoms with Gasteiger partial charge in [0.2, 0.25) is 5.91 Å². The molecule has 98 valence electrons. The van der Waals surface area contributed by atoms with Gasteiger partial charge in [-0.25, -0.2) is 0 Å². The van der Waals surface area contributed by atoms with Crippen LogP contribution in [0.4, 0.5) is 5.69 Å². The van der Waals surface area contributed by atoms with Gasteiger partial charge in [-0.15, -0.1) is 0 Å². The molecule has 1 rings (SSSR count). The number of primary amides is 1. The first-order valence-corrected chi connectivity index (χ1v) is 5.59. The molecule has 0 aliphatic heterocycles. The van der Waals surface area contributed by atoms with Gasteiger partial charge in [0.25, 0.3) is 5.69 Å². The lowest BCUT2D eigenvalue weighted by molar-refractivity contribution is -0.384. The molecule has 0 aliphatic rings. The van der Waals surface area contributed by atoms with Gasteiger partial charge in [-0.1, -0.05) is 11.6 Å². The van der Waals surface area contributed by atoms with E-state index >= 15 is 0 Å². The zero-order valence-electron chi connectivity index (χ0n) is 10.1. The second kappa shape index (κ2) is 5.32.